The highest BCUT2D eigenvalue weighted by atomic mass is 35.5. The molecular formula is C14H17ClN2. The summed E-state index contributed by atoms with van der Waals surface area (Å²) >= 11 is 6.18. The van der Waals surface area contributed by atoms with Gasteiger partial charge >= 0.3 is 0 Å². The van der Waals surface area contributed by atoms with Gasteiger partial charge in [0.25, 0.3) is 0 Å². The number of rotatable bonds is 1. The molecule has 0 radical (unpaired) electrons. The van der Waals surface area contributed by atoms with Crippen LogP contribution >= 0.6 is 11.6 Å². The van der Waals surface area contributed by atoms with E-state index in [0.29, 0.717) is 5.92 Å². The quantitative estimate of drug-likeness (QED) is 0.797. The van der Waals surface area contributed by atoms with E-state index in [-0.39, 0.29) is 0 Å². The Hall–Kier alpha value is -0.990. The summed E-state index contributed by atoms with van der Waals surface area (Å²) in [5.74, 6) is 0.490. The van der Waals surface area contributed by atoms with E-state index in [4.69, 9.17) is 17.3 Å². The average Bonchev–Trinajstić information content (AvgIpc) is 2.73. The monoisotopic (exact) mass is 248 g/mol. The first-order chi connectivity index (χ1) is 8.22. The van der Waals surface area contributed by atoms with Crippen LogP contribution in [0.15, 0.2) is 12.1 Å². The van der Waals surface area contributed by atoms with Crippen molar-refractivity contribution in [2.24, 2.45) is 5.73 Å². The van der Waals surface area contributed by atoms with E-state index >= 15 is 0 Å². The molecule has 0 amide bonds. The lowest BCUT2D eigenvalue weighted by molar-refractivity contribution is 0.553. The van der Waals surface area contributed by atoms with Crippen molar-refractivity contribution in [1.82, 2.24) is 4.98 Å². The number of aryl methyl sites for hydroxylation is 2. The molecule has 0 spiro atoms. The van der Waals surface area contributed by atoms with Crippen LogP contribution in [-0.4, -0.2) is 11.5 Å². The van der Waals surface area contributed by atoms with Gasteiger partial charge in [-0.25, -0.2) is 0 Å². The first-order valence-corrected chi connectivity index (χ1v) is 6.59. The maximum atomic E-state index is 6.18. The van der Waals surface area contributed by atoms with Crippen LogP contribution in [0.3, 0.4) is 0 Å². The third-order valence-electron chi connectivity index (χ3n) is 3.98. The number of aromatic nitrogens is 1. The first kappa shape index (κ1) is 11.1. The fraction of sp³-hybridized carbons (Fsp3) is 0.429. The Kier molecular flexibility index (Phi) is 2.64. The Labute approximate surface area is 106 Å². The van der Waals surface area contributed by atoms with E-state index in [0.717, 1.165) is 23.6 Å². The smallest absolute Gasteiger partial charge is 0.0503 e. The third-order valence-corrected chi connectivity index (χ3v) is 4.39. The molecule has 1 aromatic carbocycles. The normalized spacial score (nSPS) is 19.6. The van der Waals surface area contributed by atoms with Crippen molar-refractivity contribution in [1.29, 1.82) is 0 Å². The Morgan fingerprint density at radius 2 is 2.29 bits per heavy atom. The molecule has 90 valence electrons. The topological polar surface area (TPSA) is 41.8 Å². The molecule has 0 aliphatic heterocycles. The average molecular weight is 249 g/mol. The number of aromatic amines is 1. The second-order valence-electron chi connectivity index (χ2n) is 4.94. The number of hydrogen-bond acceptors (Lipinski definition) is 1. The maximum absolute atomic E-state index is 6.18. The molecule has 0 fully saturated rings. The second kappa shape index (κ2) is 4.04. The zero-order chi connectivity index (χ0) is 12.0. The molecule has 0 saturated heterocycles. The highest BCUT2D eigenvalue weighted by Gasteiger charge is 2.23. The first-order valence-electron chi connectivity index (χ1n) is 6.22. The van der Waals surface area contributed by atoms with Gasteiger partial charge in [0.2, 0.25) is 0 Å². The molecule has 1 atom stereocenters. The largest absolute Gasteiger partial charge is 0.358 e. The van der Waals surface area contributed by atoms with E-state index in [9.17, 15) is 0 Å². The fourth-order valence-corrected chi connectivity index (χ4v) is 3.13. The van der Waals surface area contributed by atoms with Gasteiger partial charge in [-0.1, -0.05) is 17.7 Å². The molecule has 0 saturated carbocycles. The van der Waals surface area contributed by atoms with Crippen molar-refractivity contribution in [2.75, 3.05) is 6.54 Å². The second-order valence-corrected chi connectivity index (χ2v) is 5.34. The van der Waals surface area contributed by atoms with E-state index in [1.165, 1.54) is 35.0 Å². The molecule has 1 aliphatic rings. The zero-order valence-electron chi connectivity index (χ0n) is 10.0. The molecule has 1 aliphatic carbocycles. The van der Waals surface area contributed by atoms with Crippen LogP contribution in [0.1, 0.15) is 35.6 Å². The lowest BCUT2D eigenvalue weighted by Crippen LogP contribution is -2.17. The van der Waals surface area contributed by atoms with Crippen LogP contribution in [0.5, 0.6) is 0 Å². The molecule has 2 aromatic rings. The lowest BCUT2D eigenvalue weighted by atomic mass is 9.87. The zero-order valence-corrected chi connectivity index (χ0v) is 10.8. The highest BCUT2D eigenvalue weighted by Crippen LogP contribution is 2.37. The van der Waals surface area contributed by atoms with Gasteiger partial charge in [0.15, 0.2) is 0 Å². The fourth-order valence-electron chi connectivity index (χ4n) is 2.98. The van der Waals surface area contributed by atoms with Crippen molar-refractivity contribution in [2.45, 2.75) is 32.1 Å². The summed E-state index contributed by atoms with van der Waals surface area (Å²) in [5.41, 5.74) is 11.0. The summed E-state index contributed by atoms with van der Waals surface area (Å²) < 4.78 is 0. The van der Waals surface area contributed by atoms with E-state index in [1.807, 2.05) is 6.07 Å². The van der Waals surface area contributed by atoms with Gasteiger partial charge < -0.3 is 10.7 Å². The Morgan fingerprint density at radius 3 is 3.06 bits per heavy atom. The molecule has 1 unspecified atom stereocenters. The minimum absolute atomic E-state index is 0.490. The minimum Gasteiger partial charge on any atom is -0.358 e. The van der Waals surface area contributed by atoms with Crippen LogP contribution in [-0.2, 0) is 6.42 Å². The lowest BCUT2D eigenvalue weighted by Gasteiger charge is -2.20. The summed E-state index contributed by atoms with van der Waals surface area (Å²) in [6.45, 7) is 2.80. The molecule has 2 nitrogen and oxygen atoms in total. The number of benzene rings is 1. The van der Waals surface area contributed by atoms with Crippen molar-refractivity contribution >= 4 is 22.5 Å². The summed E-state index contributed by atoms with van der Waals surface area (Å²) in [6, 6.07) is 4.14. The van der Waals surface area contributed by atoms with Gasteiger partial charge in [-0.2, -0.15) is 0 Å². The Morgan fingerprint density at radius 1 is 1.47 bits per heavy atom. The van der Waals surface area contributed by atoms with Gasteiger partial charge in [-0.15, -0.1) is 0 Å². The molecule has 3 rings (SSSR count). The standard InChI is InChI=1S/C14H17ClN2/c1-8-12(15)6-5-11-10-4-2-3-9(7-16)14(10)17-13(8)11/h5-6,9,17H,2-4,7,16H2,1H3. The van der Waals surface area contributed by atoms with E-state index < -0.39 is 0 Å². The number of hydrogen-bond donors (Lipinski definition) is 2. The maximum Gasteiger partial charge on any atom is 0.0503 e. The Balaban J connectivity index is 2.29. The molecule has 1 aromatic heterocycles. The van der Waals surface area contributed by atoms with Crippen LogP contribution in [0.2, 0.25) is 5.02 Å². The highest BCUT2D eigenvalue weighted by molar-refractivity contribution is 6.32. The van der Waals surface area contributed by atoms with Crippen molar-refractivity contribution in [3.63, 3.8) is 0 Å². The molecular weight excluding hydrogens is 232 g/mol. The number of nitrogens with one attached hydrogen (secondary N) is 1. The molecule has 0 bridgehead atoms. The number of halogens is 1. The summed E-state index contributed by atoms with van der Waals surface area (Å²) in [7, 11) is 0. The molecule has 17 heavy (non-hydrogen) atoms. The van der Waals surface area contributed by atoms with Gasteiger partial charge in [-0.05, 0) is 43.4 Å². The third kappa shape index (κ3) is 1.59. The summed E-state index contributed by atoms with van der Waals surface area (Å²) in [6.07, 6.45) is 3.60. The van der Waals surface area contributed by atoms with Crippen LogP contribution in [0.4, 0.5) is 0 Å². The number of H-pyrrole nitrogens is 1. The number of nitrogens with two attached hydrogens (primary N) is 1. The molecule has 1 heterocycles. The summed E-state index contributed by atoms with van der Waals surface area (Å²) in [5, 5.41) is 2.17. The van der Waals surface area contributed by atoms with Crippen molar-refractivity contribution < 1.29 is 0 Å². The van der Waals surface area contributed by atoms with Gasteiger partial charge in [0.1, 0.15) is 0 Å². The van der Waals surface area contributed by atoms with Crippen LogP contribution in [0, 0.1) is 6.92 Å². The van der Waals surface area contributed by atoms with Crippen LogP contribution in [0.25, 0.3) is 10.9 Å². The number of fused-ring (bicyclic) bond motifs is 3. The van der Waals surface area contributed by atoms with Crippen LogP contribution < -0.4 is 5.73 Å². The predicted molar refractivity (Wildman–Crippen MR) is 72.8 cm³/mol. The molecule has 3 heteroatoms. The van der Waals surface area contributed by atoms with Gasteiger partial charge in [0.05, 0.1) is 5.52 Å². The Bertz CT molecular complexity index is 571. The van der Waals surface area contributed by atoms with E-state index in [2.05, 4.69) is 18.0 Å². The van der Waals surface area contributed by atoms with Gasteiger partial charge in [-0.3, -0.25) is 0 Å². The molecule has 3 N–H and O–H groups in total. The van der Waals surface area contributed by atoms with Gasteiger partial charge in [0, 0.05) is 28.6 Å². The van der Waals surface area contributed by atoms with Crippen molar-refractivity contribution in [3.8, 4) is 0 Å². The summed E-state index contributed by atoms with van der Waals surface area (Å²) in [4.78, 5) is 3.56. The van der Waals surface area contributed by atoms with E-state index in [1.54, 1.807) is 0 Å². The van der Waals surface area contributed by atoms with Crippen molar-refractivity contribution in [3.05, 3.63) is 34.0 Å². The SMILES string of the molecule is Cc1c(Cl)ccc2c3c([nH]c12)C(CN)CCC3. The minimum atomic E-state index is 0.490. The predicted octanol–water partition coefficient (Wildman–Crippen LogP) is 3.51.